The average molecular weight is 407 g/mol. The van der Waals surface area contributed by atoms with Crippen molar-refractivity contribution in [3.8, 4) is 5.75 Å². The van der Waals surface area contributed by atoms with Crippen LogP contribution in [0.25, 0.3) is 5.57 Å². The lowest BCUT2D eigenvalue weighted by molar-refractivity contribution is -0.139. The summed E-state index contributed by atoms with van der Waals surface area (Å²) < 4.78 is 11.0. The Labute approximate surface area is 178 Å². The van der Waals surface area contributed by atoms with Gasteiger partial charge in [0.2, 0.25) is 0 Å². The number of carbonyl (C=O) groups is 1. The third-order valence-electron chi connectivity index (χ3n) is 5.83. The Morgan fingerprint density at radius 3 is 2.97 bits per heavy atom. The highest BCUT2D eigenvalue weighted by Crippen LogP contribution is 2.37. The second-order valence-corrected chi connectivity index (χ2v) is 7.88. The fourth-order valence-electron chi connectivity index (χ4n) is 4.21. The number of rotatable bonds is 5. The highest BCUT2D eigenvalue weighted by atomic mass is 16.5. The third-order valence-corrected chi connectivity index (χ3v) is 5.83. The number of nitrogens with zero attached hydrogens (tertiary/aromatic N) is 1. The van der Waals surface area contributed by atoms with Crippen LogP contribution in [-0.2, 0) is 22.6 Å². The van der Waals surface area contributed by atoms with Crippen molar-refractivity contribution in [1.29, 1.82) is 0 Å². The molecule has 2 aromatic carbocycles. The lowest BCUT2D eigenvalue weighted by atomic mass is 9.92. The van der Waals surface area contributed by atoms with Crippen molar-refractivity contribution in [2.45, 2.75) is 25.9 Å². The number of benzene rings is 2. The van der Waals surface area contributed by atoms with Crippen LogP contribution in [0.3, 0.4) is 0 Å². The maximum absolute atomic E-state index is 11.8. The van der Waals surface area contributed by atoms with E-state index in [1.54, 1.807) is 0 Å². The minimum atomic E-state index is -0.231. The van der Waals surface area contributed by atoms with Crippen LogP contribution in [0.15, 0.2) is 48.5 Å². The zero-order valence-electron chi connectivity index (χ0n) is 17.7. The second-order valence-electron chi connectivity index (χ2n) is 7.88. The summed E-state index contributed by atoms with van der Waals surface area (Å²) in [7, 11) is 1.43. The third kappa shape index (κ3) is 4.91. The summed E-state index contributed by atoms with van der Waals surface area (Å²) in [6.07, 6.45) is 4.78. The molecule has 2 aliphatic rings. The molecule has 1 saturated heterocycles. The van der Waals surface area contributed by atoms with E-state index in [9.17, 15) is 4.79 Å². The molecule has 2 heterocycles. The quantitative estimate of drug-likeness (QED) is 0.772. The van der Waals surface area contributed by atoms with E-state index in [2.05, 4.69) is 46.6 Å². The maximum atomic E-state index is 11.8. The number of hydrogen-bond donors (Lipinski definition) is 1. The number of nitrogens with one attached hydrogen (secondary N) is 1. The fraction of sp³-hybridized carbons (Fsp3) is 0.400. The summed E-state index contributed by atoms with van der Waals surface area (Å²) >= 11 is 0. The monoisotopic (exact) mass is 406 g/mol. The van der Waals surface area contributed by atoms with E-state index in [1.165, 1.54) is 30.2 Å². The number of carbonyl (C=O) groups excluding carboxylic acids is 1. The van der Waals surface area contributed by atoms with Gasteiger partial charge in [0.25, 0.3) is 0 Å². The molecule has 0 unspecified atom stereocenters. The number of esters is 1. The molecule has 1 N–H and O–H groups in total. The minimum Gasteiger partial charge on any atom is -0.488 e. The van der Waals surface area contributed by atoms with E-state index in [1.807, 2.05) is 12.1 Å². The van der Waals surface area contributed by atoms with Gasteiger partial charge in [-0.3, -0.25) is 4.79 Å². The molecule has 0 saturated carbocycles. The first-order valence-electron chi connectivity index (χ1n) is 10.8. The Bertz CT molecular complexity index is 914. The normalized spacial score (nSPS) is 18.0. The summed E-state index contributed by atoms with van der Waals surface area (Å²) in [5.74, 6) is 0.634. The molecule has 5 heteroatoms. The van der Waals surface area contributed by atoms with E-state index >= 15 is 0 Å². The Morgan fingerprint density at radius 1 is 1.17 bits per heavy atom. The van der Waals surface area contributed by atoms with E-state index in [4.69, 9.17) is 9.47 Å². The zero-order valence-corrected chi connectivity index (χ0v) is 17.7. The van der Waals surface area contributed by atoms with Crippen LogP contribution in [0.4, 0.5) is 0 Å². The zero-order chi connectivity index (χ0) is 20.8. The van der Waals surface area contributed by atoms with Crippen molar-refractivity contribution in [3.63, 3.8) is 0 Å². The highest BCUT2D eigenvalue weighted by Gasteiger charge is 2.20. The number of fused-ring (bicyclic) bond motifs is 2. The van der Waals surface area contributed by atoms with Gasteiger partial charge in [0.05, 0.1) is 13.5 Å². The van der Waals surface area contributed by atoms with Gasteiger partial charge in [-0.1, -0.05) is 36.4 Å². The molecule has 0 bridgehead atoms. The Kier molecular flexibility index (Phi) is 6.82. The summed E-state index contributed by atoms with van der Waals surface area (Å²) in [6.45, 7) is 6.02. The van der Waals surface area contributed by atoms with Gasteiger partial charge in [-0.15, -0.1) is 0 Å². The summed E-state index contributed by atoms with van der Waals surface area (Å²) in [5, 5.41) is 3.47. The molecule has 2 aromatic rings. The van der Waals surface area contributed by atoms with E-state index in [0.29, 0.717) is 6.61 Å². The van der Waals surface area contributed by atoms with Crippen LogP contribution < -0.4 is 10.1 Å². The van der Waals surface area contributed by atoms with Crippen LogP contribution in [0, 0.1) is 0 Å². The molecular weight excluding hydrogens is 376 g/mol. The van der Waals surface area contributed by atoms with Gasteiger partial charge in [0.1, 0.15) is 12.4 Å². The smallest absolute Gasteiger partial charge is 0.309 e. The molecule has 158 valence electrons. The van der Waals surface area contributed by atoms with E-state index < -0.39 is 0 Å². The van der Waals surface area contributed by atoms with Gasteiger partial charge in [0, 0.05) is 25.2 Å². The topological polar surface area (TPSA) is 50.8 Å². The molecule has 1 fully saturated rings. The van der Waals surface area contributed by atoms with Crippen LogP contribution in [0.1, 0.15) is 35.1 Å². The molecular formula is C25H30N2O3. The molecule has 2 aliphatic heterocycles. The largest absolute Gasteiger partial charge is 0.488 e. The number of hydrogen-bond acceptors (Lipinski definition) is 5. The molecule has 0 atom stereocenters. The molecule has 4 rings (SSSR count). The molecule has 30 heavy (non-hydrogen) atoms. The van der Waals surface area contributed by atoms with Crippen LogP contribution in [0.5, 0.6) is 5.75 Å². The lowest BCUT2D eigenvalue weighted by Gasteiger charge is -2.19. The highest BCUT2D eigenvalue weighted by molar-refractivity contribution is 5.85. The molecule has 0 aliphatic carbocycles. The number of ether oxygens (including phenoxy) is 2. The predicted molar refractivity (Wildman–Crippen MR) is 119 cm³/mol. The van der Waals surface area contributed by atoms with Gasteiger partial charge in [-0.25, -0.2) is 0 Å². The van der Waals surface area contributed by atoms with Gasteiger partial charge < -0.3 is 19.7 Å². The van der Waals surface area contributed by atoms with E-state index in [0.717, 1.165) is 56.0 Å². The lowest BCUT2D eigenvalue weighted by Crippen LogP contribution is -2.28. The standard InChI is InChI=1S/C25H30N2O3/c1-29-25(28)17-19-9-10-24-23(16-19)22(21-7-3-2-6-20(21)18-30-24)8-4-13-27-14-5-11-26-12-15-27/h2-3,6-10,16,26H,4-5,11-15,17-18H2,1H3. The van der Waals surface area contributed by atoms with Crippen molar-refractivity contribution < 1.29 is 14.3 Å². The van der Waals surface area contributed by atoms with Crippen LogP contribution in [-0.4, -0.2) is 50.7 Å². The summed E-state index contributed by atoms with van der Waals surface area (Å²) in [6, 6.07) is 14.4. The molecule has 0 aromatic heterocycles. The van der Waals surface area contributed by atoms with E-state index in [-0.39, 0.29) is 12.4 Å². The summed E-state index contributed by atoms with van der Waals surface area (Å²) in [4.78, 5) is 14.3. The Balaban J connectivity index is 1.64. The van der Waals surface area contributed by atoms with Gasteiger partial charge in [-0.05, 0) is 60.3 Å². The molecule has 0 amide bonds. The molecule has 0 spiro atoms. The SMILES string of the molecule is COC(=O)Cc1ccc2c(c1)C(=CCCN1CCCNCC1)c1ccccc1CO2. The van der Waals surface area contributed by atoms with Gasteiger partial charge in [-0.2, -0.15) is 0 Å². The predicted octanol–water partition coefficient (Wildman–Crippen LogP) is 3.41. The first kappa shape index (κ1) is 20.6. The van der Waals surface area contributed by atoms with Crippen molar-refractivity contribution in [1.82, 2.24) is 10.2 Å². The first-order chi connectivity index (χ1) is 14.7. The number of methoxy groups -OCH3 is 1. The van der Waals surface area contributed by atoms with Crippen molar-refractivity contribution in [2.75, 3.05) is 39.8 Å². The van der Waals surface area contributed by atoms with Gasteiger partial charge in [0.15, 0.2) is 0 Å². The molecule has 0 radical (unpaired) electrons. The van der Waals surface area contributed by atoms with Crippen LogP contribution in [0.2, 0.25) is 0 Å². The minimum absolute atomic E-state index is 0.231. The Hall–Kier alpha value is -2.63. The maximum Gasteiger partial charge on any atom is 0.309 e. The summed E-state index contributed by atoms with van der Waals surface area (Å²) in [5.41, 5.74) is 5.59. The van der Waals surface area contributed by atoms with Crippen LogP contribution >= 0.6 is 0 Å². The Morgan fingerprint density at radius 2 is 2.07 bits per heavy atom. The van der Waals surface area contributed by atoms with Crippen molar-refractivity contribution in [3.05, 3.63) is 70.8 Å². The van der Waals surface area contributed by atoms with Crippen molar-refractivity contribution in [2.24, 2.45) is 0 Å². The van der Waals surface area contributed by atoms with Crippen molar-refractivity contribution >= 4 is 11.5 Å². The average Bonchev–Trinajstić information content (AvgIpc) is 3.12. The second kappa shape index (κ2) is 9.92. The van der Waals surface area contributed by atoms with Gasteiger partial charge >= 0.3 is 5.97 Å². The fourth-order valence-corrected chi connectivity index (χ4v) is 4.21. The molecule has 5 nitrogen and oxygen atoms in total. The first-order valence-corrected chi connectivity index (χ1v) is 10.8.